The van der Waals surface area contributed by atoms with E-state index < -0.39 is 11.9 Å². The number of para-hydroxylation sites is 1. The van der Waals surface area contributed by atoms with Crippen molar-refractivity contribution in [1.29, 1.82) is 0 Å². The number of hydrogen-bond donors (Lipinski definition) is 2. The Balaban J connectivity index is 1.89. The molecule has 0 atom stereocenters. The number of thioether (sulfide) groups is 1. The van der Waals surface area contributed by atoms with E-state index >= 15 is 0 Å². The fourth-order valence-corrected chi connectivity index (χ4v) is 2.62. The van der Waals surface area contributed by atoms with E-state index in [9.17, 15) is 9.59 Å². The van der Waals surface area contributed by atoms with Crippen LogP contribution in [0.4, 0.5) is 4.79 Å². The van der Waals surface area contributed by atoms with Gasteiger partial charge in [0.25, 0.3) is 0 Å². The summed E-state index contributed by atoms with van der Waals surface area (Å²) >= 11 is 1.17. The highest BCUT2D eigenvalue weighted by atomic mass is 32.2. The second-order valence-electron chi connectivity index (χ2n) is 5.11. The molecule has 0 bridgehead atoms. The van der Waals surface area contributed by atoms with Gasteiger partial charge in [0.2, 0.25) is 11.1 Å². The van der Waals surface area contributed by atoms with E-state index in [-0.39, 0.29) is 5.75 Å². The van der Waals surface area contributed by atoms with Crippen molar-refractivity contribution in [3.05, 3.63) is 29.8 Å². The molecule has 0 saturated heterocycles. The average molecular weight is 348 g/mol. The van der Waals surface area contributed by atoms with E-state index in [0.29, 0.717) is 11.7 Å². The summed E-state index contributed by atoms with van der Waals surface area (Å²) in [5, 5.41) is 17.0. The molecule has 2 rings (SSSR count). The molecule has 0 radical (unpaired) electrons. The lowest BCUT2D eigenvalue weighted by Gasteiger charge is -2.07. The van der Waals surface area contributed by atoms with Gasteiger partial charge in [-0.2, -0.15) is 4.68 Å². The number of nitrogens with zero attached hydrogens (tertiary/aromatic N) is 4. The number of aromatic nitrogens is 4. The Morgan fingerprint density at radius 1 is 1.29 bits per heavy atom. The maximum Gasteiger partial charge on any atom is 0.321 e. The van der Waals surface area contributed by atoms with Gasteiger partial charge < -0.3 is 5.32 Å². The van der Waals surface area contributed by atoms with Gasteiger partial charge in [-0.15, -0.1) is 5.10 Å². The Hall–Kier alpha value is -2.42. The first-order chi connectivity index (χ1) is 11.6. The molecular formula is C15H20N6O2S. The first-order valence-corrected chi connectivity index (χ1v) is 8.65. The van der Waals surface area contributed by atoms with Crippen LogP contribution in [0.2, 0.25) is 0 Å². The summed E-state index contributed by atoms with van der Waals surface area (Å²) in [6.45, 7) is 4.53. The molecule has 2 aromatic rings. The highest BCUT2D eigenvalue weighted by Crippen LogP contribution is 2.20. The van der Waals surface area contributed by atoms with Gasteiger partial charge in [0.05, 0.1) is 11.4 Å². The Morgan fingerprint density at radius 2 is 2.08 bits per heavy atom. The van der Waals surface area contributed by atoms with E-state index in [2.05, 4.69) is 26.2 Å². The van der Waals surface area contributed by atoms with Crippen molar-refractivity contribution < 1.29 is 9.59 Å². The lowest BCUT2D eigenvalue weighted by Crippen LogP contribution is -2.40. The van der Waals surface area contributed by atoms with Crippen LogP contribution in [0.5, 0.6) is 0 Å². The number of imide groups is 1. The summed E-state index contributed by atoms with van der Waals surface area (Å²) in [6.07, 6.45) is 1.85. The number of nitrogens with one attached hydrogen (secondary N) is 2. The molecule has 0 aliphatic rings. The standard InChI is InChI=1S/C15H20N6O2S/c1-3-4-9-16-14(23)17-13(22)10-24-15-18-19-20-21(15)12-8-6-5-7-11(12)2/h5-8H,3-4,9-10H2,1-2H3,(H2,16,17,22,23). The second kappa shape index (κ2) is 9.02. The Kier molecular flexibility index (Phi) is 6.74. The first-order valence-electron chi connectivity index (χ1n) is 7.66. The van der Waals surface area contributed by atoms with Crippen LogP contribution in [-0.2, 0) is 4.79 Å². The van der Waals surface area contributed by atoms with Crippen molar-refractivity contribution in [2.24, 2.45) is 0 Å². The smallest absolute Gasteiger partial charge is 0.321 e. The zero-order chi connectivity index (χ0) is 17.4. The number of benzene rings is 1. The van der Waals surface area contributed by atoms with Gasteiger partial charge in [0.1, 0.15) is 0 Å². The van der Waals surface area contributed by atoms with Crippen molar-refractivity contribution in [3.63, 3.8) is 0 Å². The lowest BCUT2D eigenvalue weighted by atomic mass is 10.2. The third-order valence-corrected chi connectivity index (χ3v) is 4.11. The number of carbonyl (C=O) groups is 2. The van der Waals surface area contributed by atoms with E-state index in [4.69, 9.17) is 0 Å². The van der Waals surface area contributed by atoms with Crippen LogP contribution < -0.4 is 10.6 Å². The predicted molar refractivity (Wildman–Crippen MR) is 91.1 cm³/mol. The highest BCUT2D eigenvalue weighted by molar-refractivity contribution is 7.99. The number of hydrogen-bond acceptors (Lipinski definition) is 6. The van der Waals surface area contributed by atoms with Gasteiger partial charge in [0, 0.05) is 6.54 Å². The molecule has 0 aliphatic heterocycles. The van der Waals surface area contributed by atoms with Crippen molar-refractivity contribution >= 4 is 23.7 Å². The number of unbranched alkanes of at least 4 members (excludes halogenated alkanes) is 1. The van der Waals surface area contributed by atoms with Crippen molar-refractivity contribution in [3.8, 4) is 5.69 Å². The van der Waals surface area contributed by atoms with Gasteiger partial charge in [-0.3, -0.25) is 10.1 Å². The van der Waals surface area contributed by atoms with E-state index in [1.165, 1.54) is 11.8 Å². The second-order valence-corrected chi connectivity index (χ2v) is 6.05. The first kappa shape index (κ1) is 17.9. The fraction of sp³-hybridized carbons (Fsp3) is 0.400. The Morgan fingerprint density at radius 3 is 2.83 bits per heavy atom. The summed E-state index contributed by atoms with van der Waals surface area (Å²) < 4.78 is 1.58. The number of amides is 3. The molecule has 0 unspecified atom stereocenters. The molecule has 2 N–H and O–H groups in total. The van der Waals surface area contributed by atoms with E-state index in [0.717, 1.165) is 24.1 Å². The SMILES string of the molecule is CCCCNC(=O)NC(=O)CSc1nnnn1-c1ccccc1C. The van der Waals surface area contributed by atoms with Crippen molar-refractivity contribution in [2.45, 2.75) is 31.8 Å². The minimum Gasteiger partial charge on any atom is -0.338 e. The third-order valence-electron chi connectivity index (χ3n) is 3.19. The molecule has 1 aromatic carbocycles. The summed E-state index contributed by atoms with van der Waals surface area (Å²) in [5.74, 6) is -0.346. The molecule has 0 spiro atoms. The number of urea groups is 1. The molecule has 128 valence electrons. The molecular weight excluding hydrogens is 328 g/mol. The zero-order valence-corrected chi connectivity index (χ0v) is 14.5. The quantitative estimate of drug-likeness (QED) is 0.583. The number of tetrazole rings is 1. The maximum atomic E-state index is 11.8. The number of aryl methyl sites for hydroxylation is 1. The summed E-state index contributed by atoms with van der Waals surface area (Å²) in [5.41, 5.74) is 1.87. The molecule has 9 heteroatoms. The van der Waals surface area contributed by atoms with Crippen LogP contribution >= 0.6 is 11.8 Å². The Bertz CT molecular complexity index is 703. The summed E-state index contributed by atoms with van der Waals surface area (Å²) in [6, 6.07) is 7.20. The molecule has 0 saturated carbocycles. The van der Waals surface area contributed by atoms with Crippen LogP contribution in [-0.4, -0.2) is 44.4 Å². The monoisotopic (exact) mass is 348 g/mol. The van der Waals surface area contributed by atoms with E-state index in [1.807, 2.05) is 38.1 Å². The van der Waals surface area contributed by atoms with Crippen LogP contribution in [0.1, 0.15) is 25.3 Å². The predicted octanol–water partition coefficient (Wildman–Crippen LogP) is 1.69. The minimum absolute atomic E-state index is 0.0491. The fourth-order valence-electron chi connectivity index (χ4n) is 1.94. The molecule has 0 aliphatic carbocycles. The van der Waals surface area contributed by atoms with Gasteiger partial charge >= 0.3 is 6.03 Å². The topological polar surface area (TPSA) is 102 Å². The largest absolute Gasteiger partial charge is 0.338 e. The lowest BCUT2D eigenvalue weighted by molar-refractivity contribution is -0.117. The van der Waals surface area contributed by atoms with Gasteiger partial charge in [-0.25, -0.2) is 4.79 Å². The Labute approximate surface area is 144 Å². The third kappa shape index (κ3) is 5.05. The average Bonchev–Trinajstić information content (AvgIpc) is 3.02. The summed E-state index contributed by atoms with van der Waals surface area (Å²) in [4.78, 5) is 23.4. The zero-order valence-electron chi connectivity index (χ0n) is 13.7. The van der Waals surface area contributed by atoms with E-state index in [1.54, 1.807) is 4.68 Å². The highest BCUT2D eigenvalue weighted by Gasteiger charge is 2.14. The molecule has 3 amide bonds. The number of carbonyl (C=O) groups excluding carboxylic acids is 2. The normalized spacial score (nSPS) is 10.4. The maximum absolute atomic E-state index is 11.8. The van der Waals surface area contributed by atoms with Crippen LogP contribution in [0.3, 0.4) is 0 Å². The molecule has 24 heavy (non-hydrogen) atoms. The van der Waals surface area contributed by atoms with Crippen LogP contribution in [0.15, 0.2) is 29.4 Å². The van der Waals surface area contributed by atoms with Crippen LogP contribution in [0, 0.1) is 6.92 Å². The summed E-state index contributed by atoms with van der Waals surface area (Å²) in [7, 11) is 0. The van der Waals surface area contributed by atoms with Crippen molar-refractivity contribution in [2.75, 3.05) is 12.3 Å². The van der Waals surface area contributed by atoms with Crippen LogP contribution in [0.25, 0.3) is 5.69 Å². The molecule has 1 heterocycles. The molecule has 8 nitrogen and oxygen atoms in total. The van der Waals surface area contributed by atoms with Crippen molar-refractivity contribution in [1.82, 2.24) is 30.8 Å². The molecule has 1 aromatic heterocycles. The number of rotatable bonds is 7. The van der Waals surface area contributed by atoms with Gasteiger partial charge in [-0.1, -0.05) is 43.3 Å². The minimum atomic E-state index is -0.479. The van der Waals surface area contributed by atoms with Gasteiger partial charge in [-0.05, 0) is 35.4 Å². The molecule has 0 fully saturated rings. The van der Waals surface area contributed by atoms with Gasteiger partial charge in [0.15, 0.2) is 0 Å².